The van der Waals surface area contributed by atoms with Gasteiger partial charge in [-0.25, -0.2) is 8.42 Å². The summed E-state index contributed by atoms with van der Waals surface area (Å²) in [5.41, 5.74) is 3.60. The number of sulfonamides is 1. The van der Waals surface area contributed by atoms with Crippen molar-refractivity contribution in [3.8, 4) is 11.1 Å². The Bertz CT molecular complexity index is 1160. The zero-order chi connectivity index (χ0) is 22.0. The van der Waals surface area contributed by atoms with Crippen molar-refractivity contribution in [3.63, 3.8) is 0 Å². The van der Waals surface area contributed by atoms with E-state index in [2.05, 4.69) is 10.2 Å². The van der Waals surface area contributed by atoms with Crippen LogP contribution in [0.25, 0.3) is 11.1 Å². The van der Waals surface area contributed by atoms with Crippen LogP contribution < -0.4 is 5.32 Å². The van der Waals surface area contributed by atoms with E-state index in [9.17, 15) is 13.2 Å². The van der Waals surface area contributed by atoms with Crippen LogP contribution in [0.3, 0.4) is 0 Å². The largest absolute Gasteiger partial charge is 0.321 e. The summed E-state index contributed by atoms with van der Waals surface area (Å²) in [6.45, 7) is 4.43. The minimum absolute atomic E-state index is 0.208. The molecule has 0 saturated carbocycles. The monoisotopic (exact) mass is 455 g/mol. The Hall–Kier alpha value is -2.52. The van der Waals surface area contributed by atoms with E-state index in [0.717, 1.165) is 29.8 Å². The summed E-state index contributed by atoms with van der Waals surface area (Å²) < 4.78 is 27.2. The van der Waals surface area contributed by atoms with Crippen LogP contribution >= 0.6 is 11.3 Å². The average molecular weight is 456 g/mol. The summed E-state index contributed by atoms with van der Waals surface area (Å²) in [5, 5.41) is 4.78. The summed E-state index contributed by atoms with van der Waals surface area (Å²) in [7, 11) is -1.54. The Balaban J connectivity index is 1.48. The van der Waals surface area contributed by atoms with Gasteiger partial charge in [-0.1, -0.05) is 29.8 Å². The van der Waals surface area contributed by atoms with Crippen LogP contribution in [0.5, 0.6) is 0 Å². The zero-order valence-electron chi connectivity index (χ0n) is 17.5. The topological polar surface area (TPSA) is 69.7 Å². The minimum Gasteiger partial charge on any atom is -0.321 e. The van der Waals surface area contributed by atoms with Gasteiger partial charge < -0.3 is 10.2 Å². The summed E-state index contributed by atoms with van der Waals surface area (Å²) in [5.74, 6) is -0.208. The molecule has 8 heteroatoms. The highest BCUT2D eigenvalue weighted by atomic mass is 32.2. The van der Waals surface area contributed by atoms with Crippen molar-refractivity contribution in [2.24, 2.45) is 0 Å². The summed E-state index contributed by atoms with van der Waals surface area (Å²) in [4.78, 5) is 15.8. The van der Waals surface area contributed by atoms with E-state index in [1.165, 1.54) is 15.6 Å². The van der Waals surface area contributed by atoms with Crippen LogP contribution in [0.4, 0.5) is 5.69 Å². The Morgan fingerprint density at radius 1 is 0.935 bits per heavy atom. The third-order valence-electron chi connectivity index (χ3n) is 5.45. The number of rotatable bonds is 5. The van der Waals surface area contributed by atoms with E-state index in [4.69, 9.17) is 0 Å². The molecule has 2 aromatic carbocycles. The van der Waals surface area contributed by atoms with Gasteiger partial charge in [0.1, 0.15) is 0 Å². The number of hydrogen-bond acceptors (Lipinski definition) is 5. The van der Waals surface area contributed by atoms with Crippen LogP contribution in [0.1, 0.15) is 15.2 Å². The second-order valence-corrected chi connectivity index (χ2v) is 10.6. The number of carbonyl (C=O) groups is 1. The number of amides is 1. The van der Waals surface area contributed by atoms with Crippen molar-refractivity contribution in [2.45, 2.75) is 11.8 Å². The zero-order valence-corrected chi connectivity index (χ0v) is 19.2. The Morgan fingerprint density at radius 2 is 1.58 bits per heavy atom. The van der Waals surface area contributed by atoms with Gasteiger partial charge in [-0.15, -0.1) is 11.3 Å². The van der Waals surface area contributed by atoms with Crippen LogP contribution in [0.2, 0.25) is 0 Å². The first-order chi connectivity index (χ1) is 14.8. The Kier molecular flexibility index (Phi) is 6.24. The molecule has 6 nitrogen and oxygen atoms in total. The Morgan fingerprint density at radius 3 is 2.23 bits per heavy atom. The molecule has 1 N–H and O–H groups in total. The fourth-order valence-corrected chi connectivity index (χ4v) is 5.75. The number of piperazine rings is 1. The fraction of sp³-hybridized carbons (Fsp3) is 0.261. The van der Waals surface area contributed by atoms with Crippen molar-refractivity contribution in [2.75, 3.05) is 38.5 Å². The maximum absolute atomic E-state index is 12.9. The van der Waals surface area contributed by atoms with Gasteiger partial charge in [-0.2, -0.15) is 4.31 Å². The lowest BCUT2D eigenvalue weighted by molar-refractivity contribution is 0.103. The molecular weight excluding hydrogens is 430 g/mol. The molecule has 0 unspecified atom stereocenters. The van der Waals surface area contributed by atoms with Gasteiger partial charge in [0.15, 0.2) is 0 Å². The van der Waals surface area contributed by atoms with Crippen LogP contribution in [0.15, 0.2) is 64.9 Å². The van der Waals surface area contributed by atoms with Gasteiger partial charge in [0, 0.05) is 37.4 Å². The highest BCUT2D eigenvalue weighted by Crippen LogP contribution is 2.29. The second-order valence-electron chi connectivity index (χ2n) is 7.72. The highest BCUT2D eigenvalue weighted by molar-refractivity contribution is 7.89. The lowest BCUT2D eigenvalue weighted by atomic mass is 10.0. The smallest absolute Gasteiger partial charge is 0.266 e. The van der Waals surface area contributed by atoms with E-state index in [0.29, 0.717) is 23.7 Å². The lowest BCUT2D eigenvalue weighted by Crippen LogP contribution is -2.46. The van der Waals surface area contributed by atoms with E-state index < -0.39 is 10.0 Å². The number of nitrogens with zero attached hydrogens (tertiary/aromatic N) is 2. The first-order valence-electron chi connectivity index (χ1n) is 10.1. The normalized spacial score (nSPS) is 15.7. The molecule has 0 aliphatic carbocycles. The van der Waals surface area contributed by atoms with E-state index in [1.807, 2.05) is 49.7 Å². The number of carbonyl (C=O) groups excluding carboxylic acids is 1. The molecule has 1 aliphatic rings. The maximum atomic E-state index is 12.9. The molecule has 3 aromatic rings. The molecule has 1 saturated heterocycles. The predicted molar refractivity (Wildman–Crippen MR) is 125 cm³/mol. The van der Waals surface area contributed by atoms with Gasteiger partial charge in [0.2, 0.25) is 10.0 Å². The number of nitrogens with one attached hydrogen (secondary N) is 1. The molecule has 0 atom stereocenters. The molecule has 0 radical (unpaired) electrons. The Labute approximate surface area is 187 Å². The van der Waals surface area contributed by atoms with Crippen molar-refractivity contribution in [1.82, 2.24) is 9.21 Å². The number of hydrogen-bond donors (Lipinski definition) is 1. The molecule has 1 aliphatic heterocycles. The first kappa shape index (κ1) is 21.7. The number of thiophene rings is 1. The number of benzene rings is 2. The van der Waals surface area contributed by atoms with Gasteiger partial charge in [0.25, 0.3) is 5.91 Å². The van der Waals surface area contributed by atoms with Crippen molar-refractivity contribution in [3.05, 3.63) is 70.4 Å². The summed E-state index contributed by atoms with van der Waals surface area (Å²) in [6, 6.07) is 16.4. The van der Waals surface area contributed by atoms with E-state index in [-0.39, 0.29) is 10.8 Å². The molecular formula is C23H25N3O3S2. The molecule has 162 valence electrons. The van der Waals surface area contributed by atoms with Gasteiger partial charge in [-0.05, 0) is 55.2 Å². The molecule has 1 amide bonds. The standard InChI is InChI=1S/C23H25N3O3S2/c1-17-3-5-18(6-4-17)21-11-16-30-22(21)23(27)24-19-7-9-20(10-8-19)31(28,29)26-14-12-25(2)13-15-26/h3-11,16H,12-15H2,1-2H3,(H,24,27). The molecule has 4 rings (SSSR count). The van der Waals surface area contributed by atoms with Crippen LogP contribution in [0, 0.1) is 6.92 Å². The predicted octanol–water partition coefficient (Wildman–Crippen LogP) is 3.91. The molecule has 0 spiro atoms. The lowest BCUT2D eigenvalue weighted by Gasteiger charge is -2.31. The van der Waals surface area contributed by atoms with Crippen molar-refractivity contribution in [1.29, 1.82) is 0 Å². The average Bonchev–Trinajstić information content (AvgIpc) is 3.25. The van der Waals surface area contributed by atoms with Gasteiger partial charge in [-0.3, -0.25) is 4.79 Å². The van der Waals surface area contributed by atoms with Crippen LogP contribution in [-0.2, 0) is 10.0 Å². The third kappa shape index (κ3) is 4.72. The van der Waals surface area contributed by atoms with Gasteiger partial charge in [0.05, 0.1) is 9.77 Å². The minimum atomic E-state index is -3.52. The summed E-state index contributed by atoms with van der Waals surface area (Å²) >= 11 is 1.38. The quantitative estimate of drug-likeness (QED) is 0.633. The SMILES string of the molecule is Cc1ccc(-c2ccsc2C(=O)Nc2ccc(S(=O)(=O)N3CCN(C)CC3)cc2)cc1. The molecule has 1 aromatic heterocycles. The third-order valence-corrected chi connectivity index (χ3v) is 8.27. The van der Waals surface area contributed by atoms with E-state index in [1.54, 1.807) is 24.3 Å². The highest BCUT2D eigenvalue weighted by Gasteiger charge is 2.27. The first-order valence-corrected chi connectivity index (χ1v) is 12.4. The fourth-order valence-electron chi connectivity index (χ4n) is 3.52. The van der Waals surface area contributed by atoms with Crippen molar-refractivity contribution >= 4 is 33.0 Å². The summed E-state index contributed by atoms with van der Waals surface area (Å²) in [6.07, 6.45) is 0. The molecule has 2 heterocycles. The van der Waals surface area contributed by atoms with Crippen molar-refractivity contribution < 1.29 is 13.2 Å². The maximum Gasteiger partial charge on any atom is 0.266 e. The number of likely N-dealkylation sites (N-methyl/N-ethyl adjacent to an activating group) is 1. The van der Waals surface area contributed by atoms with E-state index >= 15 is 0 Å². The molecule has 0 bridgehead atoms. The number of aryl methyl sites for hydroxylation is 1. The number of anilines is 1. The van der Waals surface area contributed by atoms with Crippen LogP contribution in [-0.4, -0.2) is 56.8 Å². The molecule has 31 heavy (non-hydrogen) atoms. The second kappa shape index (κ2) is 8.92. The van der Waals surface area contributed by atoms with Gasteiger partial charge >= 0.3 is 0 Å². The molecule has 1 fully saturated rings.